The molecule has 29 heavy (non-hydrogen) atoms. The molecule has 4 rings (SSSR count). The molecule has 0 unspecified atom stereocenters. The summed E-state index contributed by atoms with van der Waals surface area (Å²) in [4.78, 5) is 19.4. The number of H-pyrrole nitrogens is 1. The zero-order valence-corrected chi connectivity index (χ0v) is 18.4. The molecule has 2 fully saturated rings. The number of nitrogens with one attached hydrogen (secondary N) is 1. The van der Waals surface area contributed by atoms with Gasteiger partial charge in [-0.25, -0.2) is 0 Å². The van der Waals surface area contributed by atoms with Crippen molar-refractivity contribution in [3.05, 3.63) is 30.0 Å². The van der Waals surface area contributed by atoms with Crippen molar-refractivity contribution in [3.63, 3.8) is 0 Å². The lowest BCUT2D eigenvalue weighted by atomic mass is 9.67. The van der Waals surface area contributed by atoms with Crippen LogP contribution in [0, 0.1) is 17.3 Å². The van der Waals surface area contributed by atoms with Crippen molar-refractivity contribution in [2.45, 2.75) is 52.5 Å². The first-order valence-electron chi connectivity index (χ1n) is 10.9. The second-order valence-corrected chi connectivity index (χ2v) is 9.59. The standard InChI is InChI=1S/C24H34N2O3/c1-16(2)24(17(3)4)14-23(9-11-29-12-10-23)15-26(24)22(27)20-13-18-19(25-20)7-6-8-21(18)28-5/h6-8,13,16-17,25H,9-12,14-15H2,1-5H3. The summed E-state index contributed by atoms with van der Waals surface area (Å²) in [7, 11) is 1.67. The first kappa shape index (κ1) is 20.3. The Balaban J connectivity index is 1.77. The van der Waals surface area contributed by atoms with Crippen molar-refractivity contribution >= 4 is 16.8 Å². The second-order valence-electron chi connectivity index (χ2n) is 9.59. The third-order valence-electron chi connectivity index (χ3n) is 7.53. The van der Waals surface area contributed by atoms with E-state index in [4.69, 9.17) is 9.47 Å². The maximum absolute atomic E-state index is 13.9. The minimum atomic E-state index is -0.143. The van der Waals surface area contributed by atoms with Crippen LogP contribution in [-0.4, -0.2) is 48.2 Å². The zero-order valence-electron chi connectivity index (χ0n) is 18.4. The van der Waals surface area contributed by atoms with E-state index in [-0.39, 0.29) is 16.9 Å². The van der Waals surface area contributed by atoms with Crippen molar-refractivity contribution in [3.8, 4) is 5.75 Å². The summed E-state index contributed by atoms with van der Waals surface area (Å²) in [5.41, 5.74) is 1.62. The Morgan fingerprint density at radius 2 is 1.86 bits per heavy atom. The SMILES string of the molecule is COc1cccc2[nH]c(C(=O)N3CC4(CCOCC4)CC3(C(C)C)C(C)C)cc12. The Morgan fingerprint density at radius 1 is 1.17 bits per heavy atom. The molecule has 1 aromatic heterocycles. The number of amides is 1. The Hall–Kier alpha value is -2.01. The molecule has 158 valence electrons. The summed E-state index contributed by atoms with van der Waals surface area (Å²) < 4.78 is 11.2. The minimum Gasteiger partial charge on any atom is -0.496 e. The smallest absolute Gasteiger partial charge is 0.270 e. The van der Waals surface area contributed by atoms with Gasteiger partial charge in [-0.2, -0.15) is 0 Å². The molecule has 3 heterocycles. The van der Waals surface area contributed by atoms with Gasteiger partial charge in [0.05, 0.1) is 7.11 Å². The third-order valence-corrected chi connectivity index (χ3v) is 7.53. The van der Waals surface area contributed by atoms with Crippen LogP contribution in [0.2, 0.25) is 0 Å². The molecule has 1 spiro atoms. The number of ether oxygens (including phenoxy) is 2. The van der Waals surface area contributed by atoms with E-state index >= 15 is 0 Å². The number of aromatic nitrogens is 1. The maximum Gasteiger partial charge on any atom is 0.270 e. The predicted molar refractivity (Wildman–Crippen MR) is 115 cm³/mol. The first-order chi connectivity index (χ1) is 13.8. The largest absolute Gasteiger partial charge is 0.496 e. The van der Waals surface area contributed by atoms with Crippen LogP contribution in [0.15, 0.2) is 24.3 Å². The number of fused-ring (bicyclic) bond motifs is 1. The molecule has 2 aliphatic rings. The first-order valence-corrected chi connectivity index (χ1v) is 10.9. The molecule has 0 aliphatic carbocycles. The van der Waals surface area contributed by atoms with E-state index in [1.165, 1.54) is 0 Å². The Labute approximate surface area is 173 Å². The number of hydrogen-bond donors (Lipinski definition) is 1. The molecular weight excluding hydrogens is 364 g/mol. The van der Waals surface area contributed by atoms with Gasteiger partial charge in [-0.1, -0.05) is 33.8 Å². The predicted octanol–water partition coefficient (Wildman–Crippen LogP) is 4.87. The summed E-state index contributed by atoms with van der Waals surface area (Å²) in [5.74, 6) is 1.66. The van der Waals surface area contributed by atoms with Gasteiger partial charge >= 0.3 is 0 Å². The van der Waals surface area contributed by atoms with Crippen LogP contribution in [0.5, 0.6) is 5.75 Å². The highest BCUT2D eigenvalue weighted by atomic mass is 16.5. The zero-order chi connectivity index (χ0) is 20.8. The van der Waals surface area contributed by atoms with E-state index < -0.39 is 0 Å². The molecule has 0 bridgehead atoms. The number of carbonyl (C=O) groups excluding carboxylic acids is 1. The highest BCUT2D eigenvalue weighted by Crippen LogP contribution is 2.54. The van der Waals surface area contributed by atoms with Gasteiger partial charge in [0, 0.05) is 36.2 Å². The minimum absolute atomic E-state index is 0.106. The second kappa shape index (κ2) is 7.35. The van der Waals surface area contributed by atoms with Crippen LogP contribution in [0.3, 0.4) is 0 Å². The van der Waals surface area contributed by atoms with Crippen LogP contribution < -0.4 is 4.74 Å². The number of methoxy groups -OCH3 is 1. The lowest BCUT2D eigenvalue weighted by Crippen LogP contribution is -2.54. The molecule has 0 atom stereocenters. The molecule has 2 aromatic rings. The van der Waals surface area contributed by atoms with E-state index in [9.17, 15) is 4.79 Å². The van der Waals surface area contributed by atoms with Gasteiger partial charge in [-0.05, 0) is 54.7 Å². The average Bonchev–Trinajstić information content (AvgIpc) is 3.28. The van der Waals surface area contributed by atoms with Crippen LogP contribution in [0.1, 0.15) is 57.4 Å². The molecule has 2 saturated heterocycles. The van der Waals surface area contributed by atoms with Crippen molar-refractivity contribution in [1.82, 2.24) is 9.88 Å². The number of rotatable bonds is 4. The number of hydrogen-bond acceptors (Lipinski definition) is 3. The lowest BCUT2D eigenvalue weighted by molar-refractivity contribution is 0.0167. The van der Waals surface area contributed by atoms with Crippen molar-refractivity contribution in [1.29, 1.82) is 0 Å². The lowest BCUT2D eigenvalue weighted by Gasteiger charge is -2.45. The normalized spacial score (nSPS) is 20.9. The molecule has 5 heteroatoms. The molecule has 1 N–H and O–H groups in total. The molecule has 0 radical (unpaired) electrons. The molecule has 1 aromatic carbocycles. The average molecular weight is 399 g/mol. The van der Waals surface area contributed by atoms with Crippen LogP contribution in [0.25, 0.3) is 10.9 Å². The fourth-order valence-corrected chi connectivity index (χ4v) is 5.90. The highest BCUT2D eigenvalue weighted by molar-refractivity contribution is 6.00. The Kier molecular flexibility index (Phi) is 5.14. The Bertz CT molecular complexity index is 885. The van der Waals surface area contributed by atoms with E-state index in [1.54, 1.807) is 7.11 Å². The van der Waals surface area contributed by atoms with E-state index in [2.05, 4.69) is 37.6 Å². The van der Waals surface area contributed by atoms with Crippen LogP contribution in [-0.2, 0) is 4.74 Å². The molecule has 0 saturated carbocycles. The molecular formula is C24H34N2O3. The molecule has 2 aliphatic heterocycles. The number of carbonyl (C=O) groups is 1. The summed E-state index contributed by atoms with van der Waals surface area (Å²) >= 11 is 0. The summed E-state index contributed by atoms with van der Waals surface area (Å²) in [5, 5.41) is 0.957. The van der Waals surface area contributed by atoms with Crippen molar-refractivity contribution in [2.24, 2.45) is 17.3 Å². The van der Waals surface area contributed by atoms with Gasteiger partial charge in [0.25, 0.3) is 5.91 Å². The number of nitrogens with zero attached hydrogens (tertiary/aromatic N) is 1. The highest BCUT2D eigenvalue weighted by Gasteiger charge is 2.57. The van der Waals surface area contributed by atoms with Crippen molar-refractivity contribution < 1.29 is 14.3 Å². The van der Waals surface area contributed by atoms with Gasteiger partial charge < -0.3 is 19.4 Å². The summed E-state index contributed by atoms with van der Waals surface area (Å²) in [6.45, 7) is 11.5. The fraction of sp³-hybridized carbons (Fsp3) is 0.625. The fourth-order valence-electron chi connectivity index (χ4n) is 5.90. The van der Waals surface area contributed by atoms with Crippen molar-refractivity contribution in [2.75, 3.05) is 26.9 Å². The van der Waals surface area contributed by atoms with Gasteiger partial charge in [0.15, 0.2) is 0 Å². The quantitative estimate of drug-likeness (QED) is 0.799. The van der Waals surface area contributed by atoms with Crippen LogP contribution >= 0.6 is 0 Å². The number of aromatic amines is 1. The summed E-state index contributed by atoms with van der Waals surface area (Å²) in [6.07, 6.45) is 3.14. The number of benzene rings is 1. The summed E-state index contributed by atoms with van der Waals surface area (Å²) in [6, 6.07) is 7.84. The van der Waals surface area contributed by atoms with E-state index in [0.717, 1.165) is 55.7 Å². The Morgan fingerprint density at radius 3 is 2.48 bits per heavy atom. The van der Waals surface area contributed by atoms with E-state index in [1.807, 2.05) is 24.3 Å². The maximum atomic E-state index is 13.9. The van der Waals surface area contributed by atoms with Gasteiger partial charge in [0.1, 0.15) is 11.4 Å². The number of likely N-dealkylation sites (tertiary alicyclic amines) is 1. The van der Waals surface area contributed by atoms with Crippen LogP contribution in [0.4, 0.5) is 0 Å². The van der Waals surface area contributed by atoms with E-state index in [0.29, 0.717) is 17.5 Å². The molecule has 5 nitrogen and oxygen atoms in total. The topological polar surface area (TPSA) is 54.6 Å². The van der Waals surface area contributed by atoms with Gasteiger partial charge in [-0.15, -0.1) is 0 Å². The molecule has 1 amide bonds. The third kappa shape index (κ3) is 3.14. The van der Waals surface area contributed by atoms with Gasteiger partial charge in [0.2, 0.25) is 0 Å². The monoisotopic (exact) mass is 398 g/mol. The van der Waals surface area contributed by atoms with Gasteiger partial charge in [-0.3, -0.25) is 4.79 Å².